The van der Waals surface area contributed by atoms with Crippen molar-refractivity contribution in [3.05, 3.63) is 31.9 Å². The Bertz CT molecular complexity index is 1060. The molecule has 0 radical (unpaired) electrons. The number of nitrogens with zero attached hydrogens (tertiary/aromatic N) is 4. The van der Waals surface area contributed by atoms with Crippen LogP contribution in [-0.4, -0.2) is 50.4 Å². The Morgan fingerprint density at radius 1 is 1.29 bits per heavy atom. The summed E-state index contributed by atoms with van der Waals surface area (Å²) in [7, 11) is 0. The third-order valence-corrected chi connectivity index (χ3v) is 6.77. The Labute approximate surface area is 190 Å². The molecule has 0 aromatic carbocycles. The molecule has 0 saturated carbocycles. The van der Waals surface area contributed by atoms with E-state index in [1.165, 1.54) is 0 Å². The normalized spacial score (nSPS) is 18.0. The third-order valence-electron chi connectivity index (χ3n) is 5.39. The van der Waals surface area contributed by atoms with Crippen molar-refractivity contribution < 1.29 is 14.7 Å². The Kier molecular flexibility index (Phi) is 7.18. The van der Waals surface area contributed by atoms with E-state index >= 15 is 0 Å². The predicted octanol–water partition coefficient (Wildman–Crippen LogP) is 2.71. The number of anilines is 1. The molecule has 2 fully saturated rings. The van der Waals surface area contributed by atoms with Crippen LogP contribution in [0.5, 0.6) is 0 Å². The maximum atomic E-state index is 13.1. The van der Waals surface area contributed by atoms with Gasteiger partial charge in [-0.3, -0.25) is 23.9 Å². The summed E-state index contributed by atoms with van der Waals surface area (Å²) in [5.74, 6) is -0.911. The first-order valence-electron chi connectivity index (χ1n) is 10.2. The summed E-state index contributed by atoms with van der Waals surface area (Å²) in [5.41, 5.74) is 0.894. The van der Waals surface area contributed by atoms with Crippen molar-refractivity contribution in [2.75, 3.05) is 24.5 Å². The van der Waals surface area contributed by atoms with Crippen LogP contribution >= 0.6 is 24.0 Å². The van der Waals surface area contributed by atoms with Crippen LogP contribution in [0, 0.1) is 18.3 Å². The summed E-state index contributed by atoms with van der Waals surface area (Å²) in [5, 5.41) is 18.7. The van der Waals surface area contributed by atoms with Crippen molar-refractivity contribution >= 4 is 52.1 Å². The van der Waals surface area contributed by atoms with Crippen molar-refractivity contribution in [2.45, 2.75) is 46.1 Å². The molecule has 1 N–H and O–H groups in total. The molecule has 0 bridgehead atoms. The van der Waals surface area contributed by atoms with Crippen LogP contribution in [0.1, 0.15) is 49.3 Å². The van der Waals surface area contributed by atoms with Gasteiger partial charge in [-0.15, -0.1) is 0 Å². The smallest absolute Gasteiger partial charge is 0.323 e. The number of nitriles is 1. The van der Waals surface area contributed by atoms with Crippen LogP contribution in [0.3, 0.4) is 0 Å². The van der Waals surface area contributed by atoms with Gasteiger partial charge in [0.2, 0.25) is 0 Å². The summed E-state index contributed by atoms with van der Waals surface area (Å²) in [6.07, 6.45) is 5.49. The van der Waals surface area contributed by atoms with Crippen LogP contribution in [-0.2, 0) is 16.1 Å². The van der Waals surface area contributed by atoms with Gasteiger partial charge in [0.05, 0.1) is 4.91 Å². The van der Waals surface area contributed by atoms with E-state index in [9.17, 15) is 19.6 Å². The fourth-order valence-electron chi connectivity index (χ4n) is 3.92. The number of piperidine rings is 1. The second-order valence-corrected chi connectivity index (χ2v) is 9.19. The zero-order valence-corrected chi connectivity index (χ0v) is 19.1. The first kappa shape index (κ1) is 23.0. The van der Waals surface area contributed by atoms with Crippen LogP contribution < -0.4 is 10.5 Å². The lowest BCUT2D eigenvalue weighted by molar-refractivity contribution is -0.140. The molecule has 31 heavy (non-hydrogen) atoms. The quantitative estimate of drug-likeness (QED) is 0.510. The lowest BCUT2D eigenvalue weighted by Crippen LogP contribution is -2.37. The van der Waals surface area contributed by atoms with Crippen molar-refractivity contribution in [2.24, 2.45) is 0 Å². The number of carboxylic acids is 1. The summed E-state index contributed by atoms with van der Waals surface area (Å²) >= 11 is 6.24. The number of carboxylic acid groups (broad SMARTS) is 1. The number of carbonyl (C=O) groups is 2. The molecule has 1 aromatic heterocycles. The number of pyridine rings is 1. The van der Waals surface area contributed by atoms with E-state index < -0.39 is 18.4 Å². The zero-order chi connectivity index (χ0) is 22.7. The molecule has 164 valence electrons. The van der Waals surface area contributed by atoms with Gasteiger partial charge < -0.3 is 10.0 Å². The van der Waals surface area contributed by atoms with Crippen LogP contribution in [0.25, 0.3) is 6.08 Å². The van der Waals surface area contributed by atoms with Crippen LogP contribution in [0.4, 0.5) is 5.82 Å². The highest BCUT2D eigenvalue weighted by atomic mass is 32.2. The number of rotatable bonds is 6. The highest BCUT2D eigenvalue weighted by Crippen LogP contribution is 2.36. The lowest BCUT2D eigenvalue weighted by Gasteiger charge is -2.33. The standard InChI is InChI=1S/C21H24N4O4S2/c1-3-7-24-18(23-8-5-4-6-9-23)14(13(2)15(11-22)19(24)28)10-16-20(29)25(12-17(26)27)21(30)31-16/h10H,3-9,12H2,1-2H3,(H,26,27)/b16-10-. The number of amides is 1. The van der Waals surface area contributed by atoms with Gasteiger partial charge in [0.1, 0.15) is 28.3 Å². The molecule has 0 atom stereocenters. The van der Waals surface area contributed by atoms with Crippen molar-refractivity contribution in [3.63, 3.8) is 0 Å². The minimum Gasteiger partial charge on any atom is -0.480 e. The lowest BCUT2D eigenvalue weighted by atomic mass is 10.0. The predicted molar refractivity (Wildman–Crippen MR) is 124 cm³/mol. The maximum absolute atomic E-state index is 13.1. The van der Waals surface area contributed by atoms with E-state index in [0.29, 0.717) is 23.5 Å². The highest BCUT2D eigenvalue weighted by Gasteiger charge is 2.34. The number of aromatic nitrogens is 1. The van der Waals surface area contributed by atoms with Crippen molar-refractivity contribution in [1.29, 1.82) is 5.26 Å². The largest absolute Gasteiger partial charge is 0.480 e. The van der Waals surface area contributed by atoms with E-state index in [1.807, 2.05) is 13.0 Å². The van der Waals surface area contributed by atoms with E-state index in [4.69, 9.17) is 17.3 Å². The van der Waals surface area contributed by atoms with Gasteiger partial charge in [0.15, 0.2) is 0 Å². The van der Waals surface area contributed by atoms with Crippen LogP contribution in [0.2, 0.25) is 0 Å². The molecule has 2 saturated heterocycles. The molecule has 0 aliphatic carbocycles. The zero-order valence-electron chi connectivity index (χ0n) is 17.5. The molecule has 8 nitrogen and oxygen atoms in total. The average Bonchev–Trinajstić information content (AvgIpc) is 2.99. The molecule has 3 heterocycles. The Morgan fingerprint density at radius 2 is 1.97 bits per heavy atom. The van der Waals surface area contributed by atoms with E-state index in [1.54, 1.807) is 17.6 Å². The Hall–Kier alpha value is -2.64. The SMILES string of the molecule is CCCn1c(N2CCCCC2)c(/C=C2\SC(=S)N(CC(=O)O)C2=O)c(C)c(C#N)c1=O. The van der Waals surface area contributed by atoms with E-state index in [0.717, 1.165) is 55.4 Å². The molecule has 1 amide bonds. The fourth-order valence-corrected chi connectivity index (χ4v) is 5.16. The van der Waals surface area contributed by atoms with Gasteiger partial charge in [-0.25, -0.2) is 0 Å². The number of carbonyl (C=O) groups excluding carboxylic acids is 1. The molecule has 10 heteroatoms. The maximum Gasteiger partial charge on any atom is 0.323 e. The Balaban J connectivity index is 2.22. The molecule has 2 aliphatic rings. The summed E-state index contributed by atoms with van der Waals surface area (Å²) in [4.78, 5) is 40.5. The number of aliphatic carboxylic acids is 1. The second kappa shape index (κ2) is 9.66. The van der Waals surface area contributed by atoms with Crippen molar-refractivity contribution in [1.82, 2.24) is 9.47 Å². The van der Waals surface area contributed by atoms with Gasteiger partial charge in [0, 0.05) is 25.2 Å². The minimum atomic E-state index is -1.15. The van der Waals surface area contributed by atoms with Gasteiger partial charge in [-0.2, -0.15) is 5.26 Å². The fraction of sp³-hybridized carbons (Fsp3) is 0.476. The number of thiocarbonyl (C=S) groups is 1. The Morgan fingerprint density at radius 3 is 2.55 bits per heavy atom. The third kappa shape index (κ3) is 4.52. The first-order chi connectivity index (χ1) is 14.8. The number of hydrogen-bond acceptors (Lipinski definition) is 7. The monoisotopic (exact) mass is 460 g/mol. The van der Waals surface area contributed by atoms with Gasteiger partial charge in [-0.1, -0.05) is 30.9 Å². The second-order valence-electron chi connectivity index (χ2n) is 7.52. The van der Waals surface area contributed by atoms with E-state index in [2.05, 4.69) is 4.90 Å². The molecule has 0 unspecified atom stereocenters. The molecule has 0 spiro atoms. The molecular formula is C21H24N4O4S2. The number of hydrogen-bond donors (Lipinski definition) is 1. The molecule has 3 rings (SSSR count). The highest BCUT2D eigenvalue weighted by molar-refractivity contribution is 8.26. The van der Waals surface area contributed by atoms with Gasteiger partial charge in [-0.05, 0) is 44.2 Å². The van der Waals surface area contributed by atoms with E-state index in [-0.39, 0.29) is 20.3 Å². The van der Waals surface area contributed by atoms with Crippen LogP contribution in [0.15, 0.2) is 9.70 Å². The summed E-state index contributed by atoms with van der Waals surface area (Å²) in [6.45, 7) is 5.21. The summed E-state index contributed by atoms with van der Waals surface area (Å²) in [6, 6.07) is 2.03. The molecule has 2 aliphatic heterocycles. The first-order valence-corrected chi connectivity index (χ1v) is 11.4. The average molecular weight is 461 g/mol. The topological polar surface area (TPSA) is 107 Å². The molecule has 1 aromatic rings. The van der Waals surface area contributed by atoms with Crippen molar-refractivity contribution in [3.8, 4) is 6.07 Å². The molecular weight excluding hydrogens is 436 g/mol. The number of thioether (sulfide) groups is 1. The van der Waals surface area contributed by atoms with Gasteiger partial charge in [0.25, 0.3) is 11.5 Å². The summed E-state index contributed by atoms with van der Waals surface area (Å²) < 4.78 is 1.82. The minimum absolute atomic E-state index is 0.0569. The van der Waals surface area contributed by atoms with Gasteiger partial charge >= 0.3 is 5.97 Å².